The number of fused-ring (bicyclic) bond motifs is 1. The molecule has 1 aliphatic carbocycles. The van der Waals surface area contributed by atoms with E-state index in [9.17, 15) is 0 Å². The van der Waals surface area contributed by atoms with Crippen molar-refractivity contribution in [2.45, 2.75) is 77.0 Å². The van der Waals surface area contributed by atoms with E-state index in [-0.39, 0.29) is 11.2 Å². The third kappa shape index (κ3) is 3.74. The molecule has 0 amide bonds. The van der Waals surface area contributed by atoms with E-state index in [1.165, 1.54) is 32.1 Å². The van der Waals surface area contributed by atoms with Gasteiger partial charge in [0.25, 0.3) is 0 Å². The molecule has 6 nitrogen and oxygen atoms in total. The van der Waals surface area contributed by atoms with Gasteiger partial charge in [0, 0.05) is 30.2 Å². The third-order valence-corrected chi connectivity index (χ3v) is 7.05. The van der Waals surface area contributed by atoms with Gasteiger partial charge in [-0.2, -0.15) is 0 Å². The molecular formula is C24H31BN4O2. The lowest BCUT2D eigenvalue weighted by Crippen LogP contribution is -2.41. The number of nitrogens with zero attached hydrogens (tertiary/aromatic N) is 3. The van der Waals surface area contributed by atoms with Gasteiger partial charge in [0.15, 0.2) is 0 Å². The quantitative estimate of drug-likeness (QED) is 0.635. The lowest BCUT2D eigenvalue weighted by atomic mass is 9.80. The van der Waals surface area contributed by atoms with Gasteiger partial charge in [-0.25, -0.2) is 4.98 Å². The van der Waals surface area contributed by atoms with Gasteiger partial charge in [0.2, 0.25) is 0 Å². The Morgan fingerprint density at radius 3 is 2.45 bits per heavy atom. The molecule has 0 spiro atoms. The molecule has 3 aromatic heterocycles. The molecule has 0 unspecified atom stereocenters. The first-order valence-corrected chi connectivity index (χ1v) is 11.4. The van der Waals surface area contributed by atoms with E-state index in [0.29, 0.717) is 6.04 Å². The zero-order chi connectivity index (χ0) is 21.6. The van der Waals surface area contributed by atoms with Gasteiger partial charge in [-0.05, 0) is 64.2 Å². The zero-order valence-electron chi connectivity index (χ0n) is 18.9. The molecule has 0 atom stereocenters. The summed E-state index contributed by atoms with van der Waals surface area (Å²) in [5, 5.41) is 3.81. The van der Waals surface area contributed by atoms with E-state index in [0.717, 1.165) is 28.2 Å². The minimum Gasteiger partial charge on any atom is -0.399 e. The summed E-state index contributed by atoms with van der Waals surface area (Å²) in [6.45, 7) is 8.33. The van der Waals surface area contributed by atoms with E-state index in [1.54, 1.807) is 6.20 Å². The highest BCUT2D eigenvalue weighted by molar-refractivity contribution is 6.62. The number of nitrogens with one attached hydrogen (secondary N) is 1. The first-order valence-electron chi connectivity index (χ1n) is 11.4. The molecule has 3 aromatic rings. The van der Waals surface area contributed by atoms with Crippen LogP contribution in [0.2, 0.25) is 0 Å². The van der Waals surface area contributed by atoms with Crippen LogP contribution in [0.1, 0.15) is 59.8 Å². The molecule has 162 valence electrons. The van der Waals surface area contributed by atoms with E-state index >= 15 is 0 Å². The highest BCUT2D eigenvalue weighted by atomic mass is 16.7. The van der Waals surface area contributed by atoms with E-state index in [1.807, 2.05) is 18.3 Å². The smallest absolute Gasteiger partial charge is 0.399 e. The van der Waals surface area contributed by atoms with Gasteiger partial charge >= 0.3 is 7.12 Å². The summed E-state index contributed by atoms with van der Waals surface area (Å²) in [5.74, 6) is 1.02. The second-order valence-corrected chi connectivity index (χ2v) is 9.81. The lowest BCUT2D eigenvalue weighted by Gasteiger charge is -2.32. The predicted octanol–water partition coefficient (Wildman–Crippen LogP) is 4.44. The molecule has 0 radical (unpaired) electrons. The van der Waals surface area contributed by atoms with Gasteiger partial charge in [0.1, 0.15) is 17.2 Å². The summed E-state index contributed by atoms with van der Waals surface area (Å²) in [7, 11) is -0.402. The largest absolute Gasteiger partial charge is 0.496 e. The molecule has 7 heteroatoms. The van der Waals surface area contributed by atoms with Crippen molar-refractivity contribution in [3.8, 4) is 11.3 Å². The van der Waals surface area contributed by atoms with Crippen LogP contribution in [-0.4, -0.2) is 38.7 Å². The average molecular weight is 418 g/mol. The number of rotatable bonds is 4. The molecule has 2 fully saturated rings. The van der Waals surface area contributed by atoms with Gasteiger partial charge in [-0.1, -0.05) is 25.3 Å². The van der Waals surface area contributed by atoms with Crippen molar-refractivity contribution in [3.05, 3.63) is 42.9 Å². The van der Waals surface area contributed by atoms with Crippen molar-refractivity contribution < 1.29 is 9.31 Å². The van der Waals surface area contributed by atoms with E-state index in [4.69, 9.17) is 14.3 Å². The van der Waals surface area contributed by atoms with Crippen molar-refractivity contribution in [1.82, 2.24) is 14.4 Å². The van der Waals surface area contributed by atoms with E-state index < -0.39 is 7.12 Å². The summed E-state index contributed by atoms with van der Waals surface area (Å²) < 4.78 is 14.7. The summed E-state index contributed by atoms with van der Waals surface area (Å²) in [4.78, 5) is 9.27. The van der Waals surface area contributed by atoms with Gasteiger partial charge in [-0.15, -0.1) is 0 Å². The van der Waals surface area contributed by atoms with Crippen LogP contribution in [-0.2, 0) is 9.31 Å². The Morgan fingerprint density at radius 1 is 1.03 bits per heavy atom. The predicted molar refractivity (Wildman–Crippen MR) is 125 cm³/mol. The molecule has 1 N–H and O–H groups in total. The van der Waals surface area contributed by atoms with Crippen LogP contribution in [0.5, 0.6) is 0 Å². The zero-order valence-corrected chi connectivity index (χ0v) is 18.9. The first kappa shape index (κ1) is 20.5. The van der Waals surface area contributed by atoms with Crippen molar-refractivity contribution in [2.75, 3.05) is 5.32 Å². The molecule has 0 bridgehead atoms. The van der Waals surface area contributed by atoms with Crippen molar-refractivity contribution in [1.29, 1.82) is 0 Å². The number of anilines is 1. The molecule has 4 heterocycles. The lowest BCUT2D eigenvalue weighted by molar-refractivity contribution is 0.00578. The van der Waals surface area contributed by atoms with Crippen molar-refractivity contribution in [2.24, 2.45) is 0 Å². The Balaban J connectivity index is 1.57. The normalized spacial score (nSPS) is 21.0. The van der Waals surface area contributed by atoms with Gasteiger partial charge in [0.05, 0.1) is 11.2 Å². The number of aromatic nitrogens is 3. The molecule has 1 saturated carbocycles. The van der Waals surface area contributed by atoms with Crippen LogP contribution in [0.25, 0.3) is 16.9 Å². The fourth-order valence-electron chi connectivity index (χ4n) is 4.46. The monoisotopic (exact) mass is 418 g/mol. The average Bonchev–Trinajstić information content (AvgIpc) is 3.22. The van der Waals surface area contributed by atoms with Crippen LogP contribution in [0.15, 0.2) is 42.9 Å². The maximum atomic E-state index is 6.29. The van der Waals surface area contributed by atoms with Crippen LogP contribution in [0, 0.1) is 0 Å². The maximum absolute atomic E-state index is 6.29. The summed E-state index contributed by atoms with van der Waals surface area (Å²) >= 11 is 0. The number of hydrogen-bond donors (Lipinski definition) is 1. The Bertz CT molecular complexity index is 1060. The van der Waals surface area contributed by atoms with Crippen LogP contribution >= 0.6 is 0 Å². The highest BCUT2D eigenvalue weighted by Gasteiger charge is 2.51. The molecular weight excluding hydrogens is 387 g/mol. The summed E-state index contributed by atoms with van der Waals surface area (Å²) in [6, 6.07) is 8.59. The molecule has 1 saturated heterocycles. The second kappa shape index (κ2) is 7.64. The van der Waals surface area contributed by atoms with E-state index in [2.05, 4.69) is 60.7 Å². The highest BCUT2D eigenvalue weighted by Crippen LogP contribution is 2.37. The number of hydrogen-bond acceptors (Lipinski definition) is 5. The standard InChI is InChI=1S/C24H31BN4O2/c1-23(2)24(3,4)31-25(30-23)18-12-13-20-28-21(17-9-8-14-26-15-17)22(29(20)16-18)27-19-10-6-5-7-11-19/h8-9,12-16,19,27H,5-7,10-11H2,1-4H3. The first-order chi connectivity index (χ1) is 14.8. The van der Waals surface area contributed by atoms with Crippen molar-refractivity contribution >= 4 is 24.0 Å². The minimum atomic E-state index is -0.402. The molecule has 2 aliphatic rings. The third-order valence-electron chi connectivity index (χ3n) is 7.05. The second-order valence-electron chi connectivity index (χ2n) is 9.81. The van der Waals surface area contributed by atoms with Gasteiger partial charge in [-0.3, -0.25) is 9.38 Å². The Morgan fingerprint density at radius 2 is 1.77 bits per heavy atom. The number of pyridine rings is 2. The summed E-state index contributed by atoms with van der Waals surface area (Å²) in [6.07, 6.45) is 12.0. The Labute approximate surface area is 184 Å². The fraction of sp³-hybridized carbons (Fsp3) is 0.500. The van der Waals surface area contributed by atoms with Crippen LogP contribution < -0.4 is 10.8 Å². The molecule has 1 aliphatic heterocycles. The minimum absolute atomic E-state index is 0.369. The maximum Gasteiger partial charge on any atom is 0.496 e. The van der Waals surface area contributed by atoms with Crippen molar-refractivity contribution in [3.63, 3.8) is 0 Å². The SMILES string of the molecule is CC1(C)OB(c2ccc3nc(-c4cccnc4)c(NC4CCCCC4)n3c2)OC1(C)C. The van der Waals surface area contributed by atoms with Crippen LogP contribution in [0.3, 0.4) is 0 Å². The fourth-order valence-corrected chi connectivity index (χ4v) is 4.46. The Hall–Kier alpha value is -2.38. The topological polar surface area (TPSA) is 60.7 Å². The van der Waals surface area contributed by atoms with Crippen LogP contribution in [0.4, 0.5) is 5.82 Å². The molecule has 5 rings (SSSR count). The van der Waals surface area contributed by atoms with Gasteiger partial charge < -0.3 is 14.6 Å². The Kier molecular flexibility index (Phi) is 5.06. The number of imidazole rings is 1. The molecule has 0 aromatic carbocycles. The molecule has 31 heavy (non-hydrogen) atoms. The summed E-state index contributed by atoms with van der Waals surface area (Å²) in [5.41, 5.74) is 3.11.